The molecule has 0 N–H and O–H groups in total. The van der Waals surface area contributed by atoms with Crippen LogP contribution in [-0.2, 0) is 6.54 Å². The predicted molar refractivity (Wildman–Crippen MR) is 81.7 cm³/mol. The van der Waals surface area contributed by atoms with Crippen LogP contribution in [0.2, 0.25) is 5.28 Å². The Morgan fingerprint density at radius 1 is 1.19 bits per heavy atom. The lowest BCUT2D eigenvalue weighted by molar-refractivity contribution is 0.291. The minimum absolute atomic E-state index is 0.121. The molecule has 0 aromatic carbocycles. The van der Waals surface area contributed by atoms with Crippen molar-refractivity contribution >= 4 is 17.5 Å². The fraction of sp³-hybridized carbons (Fsp3) is 0.429. The smallest absolute Gasteiger partial charge is 0.322 e. The van der Waals surface area contributed by atoms with Crippen molar-refractivity contribution in [1.29, 1.82) is 0 Å². The van der Waals surface area contributed by atoms with Gasteiger partial charge in [0.2, 0.25) is 11.2 Å². The standard InChI is InChI=1S/C14H18ClN5O/c1-4-8-21-14-18-12(15)17-13(19-14)20(3)9-11-7-5-6-10(2)16-11/h5-7H,4,8-9H2,1-3H3. The second-order valence-electron chi connectivity index (χ2n) is 4.66. The van der Waals surface area contributed by atoms with Crippen LogP contribution in [0.15, 0.2) is 18.2 Å². The lowest BCUT2D eigenvalue weighted by atomic mass is 10.3. The highest BCUT2D eigenvalue weighted by molar-refractivity contribution is 6.28. The molecule has 7 heteroatoms. The van der Waals surface area contributed by atoms with E-state index in [9.17, 15) is 0 Å². The molecule has 0 aliphatic carbocycles. The van der Waals surface area contributed by atoms with Crippen molar-refractivity contribution in [2.24, 2.45) is 0 Å². The maximum Gasteiger partial charge on any atom is 0.322 e. The third kappa shape index (κ3) is 4.53. The van der Waals surface area contributed by atoms with Crippen LogP contribution in [0.25, 0.3) is 0 Å². The van der Waals surface area contributed by atoms with Crippen molar-refractivity contribution in [3.63, 3.8) is 0 Å². The first-order valence-electron chi connectivity index (χ1n) is 6.76. The van der Waals surface area contributed by atoms with E-state index < -0.39 is 0 Å². The number of nitrogens with zero attached hydrogens (tertiary/aromatic N) is 5. The Morgan fingerprint density at radius 2 is 2.00 bits per heavy atom. The first-order valence-corrected chi connectivity index (χ1v) is 7.14. The minimum atomic E-state index is 0.121. The average Bonchev–Trinajstić information content (AvgIpc) is 2.44. The van der Waals surface area contributed by atoms with Crippen LogP contribution in [0.4, 0.5) is 5.95 Å². The first-order chi connectivity index (χ1) is 10.1. The lowest BCUT2D eigenvalue weighted by Crippen LogP contribution is -2.20. The van der Waals surface area contributed by atoms with Crippen LogP contribution < -0.4 is 9.64 Å². The summed E-state index contributed by atoms with van der Waals surface area (Å²) in [5.41, 5.74) is 1.91. The Hall–Kier alpha value is -1.95. The summed E-state index contributed by atoms with van der Waals surface area (Å²) in [7, 11) is 1.87. The number of anilines is 1. The Kier molecular flexibility index (Phi) is 5.27. The molecule has 112 valence electrons. The summed E-state index contributed by atoms with van der Waals surface area (Å²) < 4.78 is 5.41. The van der Waals surface area contributed by atoms with Gasteiger partial charge in [0.25, 0.3) is 0 Å². The van der Waals surface area contributed by atoms with Crippen LogP contribution in [0, 0.1) is 6.92 Å². The number of rotatable bonds is 6. The molecular formula is C14H18ClN5O. The summed E-state index contributed by atoms with van der Waals surface area (Å²) in [5, 5.41) is 0.121. The van der Waals surface area contributed by atoms with E-state index in [0.717, 1.165) is 17.8 Å². The predicted octanol–water partition coefficient (Wildman–Crippen LogP) is 2.65. The van der Waals surface area contributed by atoms with E-state index in [0.29, 0.717) is 19.1 Å². The molecule has 0 saturated heterocycles. The highest BCUT2D eigenvalue weighted by atomic mass is 35.5. The Bertz CT molecular complexity index is 608. The topological polar surface area (TPSA) is 64.0 Å². The third-order valence-electron chi connectivity index (χ3n) is 2.70. The highest BCUT2D eigenvalue weighted by Gasteiger charge is 2.11. The van der Waals surface area contributed by atoms with Gasteiger partial charge in [0.1, 0.15) is 0 Å². The molecule has 2 rings (SSSR count). The maximum atomic E-state index is 5.92. The molecule has 0 aliphatic rings. The van der Waals surface area contributed by atoms with Gasteiger partial charge < -0.3 is 9.64 Å². The van der Waals surface area contributed by atoms with E-state index in [1.54, 1.807) is 0 Å². The quantitative estimate of drug-likeness (QED) is 0.817. The number of hydrogen-bond donors (Lipinski definition) is 0. The summed E-state index contributed by atoms with van der Waals surface area (Å²) in [5.74, 6) is 0.462. The molecular weight excluding hydrogens is 290 g/mol. The molecule has 0 atom stereocenters. The van der Waals surface area contributed by atoms with E-state index in [1.807, 2.05) is 44.0 Å². The van der Waals surface area contributed by atoms with E-state index in [2.05, 4.69) is 19.9 Å². The van der Waals surface area contributed by atoms with Crippen LogP contribution in [-0.4, -0.2) is 33.6 Å². The molecule has 2 aromatic rings. The highest BCUT2D eigenvalue weighted by Crippen LogP contribution is 2.16. The van der Waals surface area contributed by atoms with Gasteiger partial charge in [-0.05, 0) is 37.1 Å². The zero-order chi connectivity index (χ0) is 15.2. The van der Waals surface area contributed by atoms with Crippen molar-refractivity contribution in [3.8, 4) is 6.01 Å². The Labute approximate surface area is 129 Å². The van der Waals surface area contributed by atoms with Gasteiger partial charge >= 0.3 is 6.01 Å². The number of hydrogen-bond acceptors (Lipinski definition) is 6. The molecule has 0 saturated carbocycles. The zero-order valence-electron chi connectivity index (χ0n) is 12.4. The molecule has 0 spiro atoms. The van der Waals surface area contributed by atoms with Gasteiger partial charge in [-0.25, -0.2) is 0 Å². The van der Waals surface area contributed by atoms with Gasteiger partial charge in [0.05, 0.1) is 18.8 Å². The average molecular weight is 308 g/mol. The minimum Gasteiger partial charge on any atom is -0.463 e. The molecule has 0 radical (unpaired) electrons. The third-order valence-corrected chi connectivity index (χ3v) is 2.87. The molecule has 0 fully saturated rings. The van der Waals surface area contributed by atoms with Crippen LogP contribution >= 0.6 is 11.6 Å². The second kappa shape index (κ2) is 7.17. The molecule has 2 heterocycles. The van der Waals surface area contributed by atoms with Crippen LogP contribution in [0.1, 0.15) is 24.7 Å². The van der Waals surface area contributed by atoms with Gasteiger partial charge in [0.15, 0.2) is 0 Å². The number of aryl methyl sites for hydroxylation is 1. The summed E-state index contributed by atoms with van der Waals surface area (Å²) >= 11 is 5.92. The number of pyridine rings is 1. The second-order valence-corrected chi connectivity index (χ2v) is 5.00. The van der Waals surface area contributed by atoms with E-state index in [4.69, 9.17) is 16.3 Å². The van der Waals surface area contributed by atoms with Crippen LogP contribution in [0.5, 0.6) is 6.01 Å². The first kappa shape index (κ1) is 15.4. The maximum absolute atomic E-state index is 5.92. The SMILES string of the molecule is CCCOc1nc(Cl)nc(N(C)Cc2cccc(C)n2)n1. The molecule has 0 aliphatic heterocycles. The Balaban J connectivity index is 2.14. The normalized spacial score (nSPS) is 10.5. The molecule has 6 nitrogen and oxygen atoms in total. The summed E-state index contributed by atoms with van der Waals surface area (Å²) in [6.45, 7) is 5.09. The summed E-state index contributed by atoms with van der Waals surface area (Å²) in [6, 6.07) is 6.14. The summed E-state index contributed by atoms with van der Waals surface area (Å²) in [4.78, 5) is 18.6. The number of halogens is 1. The largest absolute Gasteiger partial charge is 0.463 e. The molecule has 21 heavy (non-hydrogen) atoms. The zero-order valence-corrected chi connectivity index (χ0v) is 13.1. The van der Waals surface area contributed by atoms with Gasteiger partial charge in [-0.3, -0.25) is 4.98 Å². The van der Waals surface area contributed by atoms with Gasteiger partial charge in [0, 0.05) is 12.7 Å². The lowest BCUT2D eigenvalue weighted by Gasteiger charge is -2.17. The van der Waals surface area contributed by atoms with Crippen molar-refractivity contribution < 1.29 is 4.74 Å². The fourth-order valence-electron chi connectivity index (χ4n) is 1.75. The molecule has 0 bridgehead atoms. The van der Waals surface area contributed by atoms with Crippen molar-refractivity contribution in [3.05, 3.63) is 34.9 Å². The monoisotopic (exact) mass is 307 g/mol. The van der Waals surface area contributed by atoms with Crippen molar-refractivity contribution in [2.75, 3.05) is 18.6 Å². The van der Waals surface area contributed by atoms with E-state index >= 15 is 0 Å². The molecule has 0 unspecified atom stereocenters. The van der Waals surface area contributed by atoms with Gasteiger partial charge in [-0.15, -0.1) is 0 Å². The summed E-state index contributed by atoms with van der Waals surface area (Å²) in [6.07, 6.45) is 0.877. The Morgan fingerprint density at radius 3 is 2.71 bits per heavy atom. The number of ether oxygens (including phenoxy) is 1. The molecule has 0 amide bonds. The van der Waals surface area contributed by atoms with Crippen molar-refractivity contribution in [2.45, 2.75) is 26.8 Å². The van der Waals surface area contributed by atoms with Gasteiger partial charge in [-0.1, -0.05) is 13.0 Å². The van der Waals surface area contributed by atoms with Crippen LogP contribution in [0.3, 0.4) is 0 Å². The molecule has 2 aromatic heterocycles. The van der Waals surface area contributed by atoms with Gasteiger partial charge in [-0.2, -0.15) is 15.0 Å². The van der Waals surface area contributed by atoms with E-state index in [1.165, 1.54) is 0 Å². The fourth-order valence-corrected chi connectivity index (χ4v) is 1.90. The van der Waals surface area contributed by atoms with E-state index in [-0.39, 0.29) is 11.3 Å². The van der Waals surface area contributed by atoms with Crippen molar-refractivity contribution in [1.82, 2.24) is 19.9 Å². The number of aromatic nitrogens is 4.